The SMILES string of the molecule is CCCOC1(OCC)CCN[C@@H](CC#N)C1. The van der Waals surface area contributed by atoms with E-state index in [1.807, 2.05) is 6.92 Å². The topological polar surface area (TPSA) is 54.3 Å². The van der Waals surface area contributed by atoms with Gasteiger partial charge in [-0.15, -0.1) is 0 Å². The van der Waals surface area contributed by atoms with Crippen LogP contribution in [-0.2, 0) is 9.47 Å². The Kier molecular flexibility index (Phi) is 5.75. The van der Waals surface area contributed by atoms with Crippen molar-refractivity contribution in [3.05, 3.63) is 0 Å². The van der Waals surface area contributed by atoms with Crippen LogP contribution in [0.2, 0.25) is 0 Å². The van der Waals surface area contributed by atoms with Crippen molar-refractivity contribution >= 4 is 0 Å². The quantitative estimate of drug-likeness (QED) is 0.702. The minimum atomic E-state index is -0.461. The Morgan fingerprint density at radius 1 is 1.44 bits per heavy atom. The molecular formula is C12H22N2O2. The molecule has 16 heavy (non-hydrogen) atoms. The first-order valence-electron chi connectivity index (χ1n) is 6.14. The number of hydrogen-bond donors (Lipinski definition) is 1. The van der Waals surface area contributed by atoms with Gasteiger partial charge in [0.15, 0.2) is 5.79 Å². The maximum Gasteiger partial charge on any atom is 0.170 e. The van der Waals surface area contributed by atoms with Crippen LogP contribution in [0.15, 0.2) is 0 Å². The molecule has 0 aromatic heterocycles. The molecule has 1 heterocycles. The van der Waals surface area contributed by atoms with E-state index in [0.717, 1.165) is 32.4 Å². The average Bonchev–Trinajstić information content (AvgIpc) is 2.28. The lowest BCUT2D eigenvalue weighted by Crippen LogP contribution is -2.51. The van der Waals surface area contributed by atoms with Gasteiger partial charge in [-0.3, -0.25) is 0 Å². The largest absolute Gasteiger partial charge is 0.350 e. The molecule has 0 spiro atoms. The second kappa shape index (κ2) is 6.85. The third kappa shape index (κ3) is 3.75. The first-order chi connectivity index (χ1) is 7.76. The molecule has 0 aliphatic carbocycles. The van der Waals surface area contributed by atoms with Gasteiger partial charge in [0, 0.05) is 38.6 Å². The van der Waals surface area contributed by atoms with E-state index in [1.54, 1.807) is 0 Å². The van der Waals surface area contributed by atoms with Gasteiger partial charge in [-0.1, -0.05) is 6.92 Å². The van der Waals surface area contributed by atoms with Gasteiger partial charge in [0.25, 0.3) is 0 Å². The van der Waals surface area contributed by atoms with Crippen LogP contribution < -0.4 is 5.32 Å². The Bertz CT molecular complexity index is 236. The molecular weight excluding hydrogens is 204 g/mol. The highest BCUT2D eigenvalue weighted by Gasteiger charge is 2.37. The summed E-state index contributed by atoms with van der Waals surface area (Å²) in [6.07, 6.45) is 3.15. The van der Waals surface area contributed by atoms with E-state index in [2.05, 4.69) is 18.3 Å². The third-order valence-electron chi connectivity index (χ3n) is 2.81. The van der Waals surface area contributed by atoms with Crippen molar-refractivity contribution in [3.63, 3.8) is 0 Å². The number of nitriles is 1. The summed E-state index contributed by atoms with van der Waals surface area (Å²) in [5.41, 5.74) is 0. The lowest BCUT2D eigenvalue weighted by molar-refractivity contribution is -0.252. The third-order valence-corrected chi connectivity index (χ3v) is 2.81. The number of ether oxygens (including phenoxy) is 2. The fourth-order valence-corrected chi connectivity index (χ4v) is 2.13. The molecule has 1 rings (SSSR count). The lowest BCUT2D eigenvalue weighted by Gasteiger charge is -2.40. The normalized spacial score (nSPS) is 29.9. The number of nitrogens with zero attached hydrogens (tertiary/aromatic N) is 1. The zero-order valence-corrected chi connectivity index (χ0v) is 10.3. The number of hydrogen-bond acceptors (Lipinski definition) is 4. The molecule has 4 heteroatoms. The monoisotopic (exact) mass is 226 g/mol. The van der Waals surface area contributed by atoms with Crippen LogP contribution in [0.1, 0.15) is 39.5 Å². The smallest absolute Gasteiger partial charge is 0.170 e. The molecule has 0 saturated carbocycles. The van der Waals surface area contributed by atoms with E-state index in [1.165, 1.54) is 0 Å². The van der Waals surface area contributed by atoms with Crippen molar-refractivity contribution in [3.8, 4) is 6.07 Å². The van der Waals surface area contributed by atoms with Crippen LogP contribution in [-0.4, -0.2) is 31.6 Å². The Morgan fingerprint density at radius 2 is 2.25 bits per heavy atom. The molecule has 2 atom stereocenters. The molecule has 92 valence electrons. The number of rotatable bonds is 6. The Morgan fingerprint density at radius 3 is 2.88 bits per heavy atom. The van der Waals surface area contributed by atoms with Crippen LogP contribution in [0.3, 0.4) is 0 Å². The van der Waals surface area contributed by atoms with Crippen molar-refractivity contribution in [2.24, 2.45) is 0 Å². The first-order valence-corrected chi connectivity index (χ1v) is 6.14. The van der Waals surface area contributed by atoms with E-state index < -0.39 is 5.79 Å². The van der Waals surface area contributed by atoms with Crippen LogP contribution >= 0.6 is 0 Å². The van der Waals surface area contributed by atoms with Gasteiger partial charge in [0.2, 0.25) is 0 Å². The minimum Gasteiger partial charge on any atom is -0.350 e. The van der Waals surface area contributed by atoms with E-state index >= 15 is 0 Å². The summed E-state index contributed by atoms with van der Waals surface area (Å²) in [6.45, 7) is 6.31. The maximum atomic E-state index is 8.72. The zero-order valence-electron chi connectivity index (χ0n) is 10.3. The van der Waals surface area contributed by atoms with Crippen molar-refractivity contribution in [2.45, 2.75) is 51.4 Å². The Hall–Kier alpha value is -0.630. The van der Waals surface area contributed by atoms with E-state index in [9.17, 15) is 0 Å². The molecule has 0 aromatic carbocycles. The highest BCUT2D eigenvalue weighted by Crippen LogP contribution is 2.28. The van der Waals surface area contributed by atoms with Gasteiger partial charge >= 0.3 is 0 Å². The Labute approximate surface area is 97.9 Å². The highest BCUT2D eigenvalue weighted by molar-refractivity contribution is 4.90. The zero-order chi connectivity index (χ0) is 11.9. The van der Waals surface area contributed by atoms with Crippen LogP contribution in [0.4, 0.5) is 0 Å². The van der Waals surface area contributed by atoms with Gasteiger partial charge in [0.1, 0.15) is 0 Å². The number of nitrogens with one attached hydrogen (secondary N) is 1. The van der Waals surface area contributed by atoms with Gasteiger partial charge in [-0.05, 0) is 13.3 Å². The predicted molar refractivity (Wildman–Crippen MR) is 61.9 cm³/mol. The van der Waals surface area contributed by atoms with Gasteiger partial charge in [-0.25, -0.2) is 0 Å². The van der Waals surface area contributed by atoms with E-state index in [0.29, 0.717) is 13.0 Å². The van der Waals surface area contributed by atoms with Crippen molar-refractivity contribution in [2.75, 3.05) is 19.8 Å². The van der Waals surface area contributed by atoms with Crippen LogP contribution in [0.25, 0.3) is 0 Å². The molecule has 1 N–H and O–H groups in total. The predicted octanol–water partition coefficient (Wildman–Crippen LogP) is 1.81. The Balaban J connectivity index is 2.56. The molecule has 1 saturated heterocycles. The first kappa shape index (κ1) is 13.4. The fourth-order valence-electron chi connectivity index (χ4n) is 2.13. The molecule has 4 nitrogen and oxygen atoms in total. The standard InChI is InChI=1S/C12H22N2O2/c1-3-9-16-12(15-4-2)6-8-14-11(10-12)5-7-13/h11,14H,3-6,8-10H2,1-2H3/t11-,12?/m0/s1. The van der Waals surface area contributed by atoms with E-state index in [4.69, 9.17) is 14.7 Å². The minimum absolute atomic E-state index is 0.196. The molecule has 1 aliphatic heterocycles. The van der Waals surface area contributed by atoms with Crippen molar-refractivity contribution < 1.29 is 9.47 Å². The average molecular weight is 226 g/mol. The summed E-state index contributed by atoms with van der Waals surface area (Å²) in [5.74, 6) is -0.461. The molecule has 0 amide bonds. The summed E-state index contributed by atoms with van der Waals surface area (Å²) in [4.78, 5) is 0. The highest BCUT2D eigenvalue weighted by atomic mass is 16.7. The van der Waals surface area contributed by atoms with Gasteiger partial charge in [-0.2, -0.15) is 5.26 Å². The molecule has 0 aromatic rings. The molecule has 0 radical (unpaired) electrons. The summed E-state index contributed by atoms with van der Waals surface area (Å²) in [5, 5.41) is 12.1. The fraction of sp³-hybridized carbons (Fsp3) is 0.917. The lowest BCUT2D eigenvalue weighted by atomic mass is 9.96. The summed E-state index contributed by atoms with van der Waals surface area (Å²) in [7, 11) is 0. The van der Waals surface area contributed by atoms with Crippen LogP contribution in [0.5, 0.6) is 0 Å². The molecule has 1 unspecified atom stereocenters. The summed E-state index contributed by atoms with van der Waals surface area (Å²) in [6, 6.07) is 2.40. The van der Waals surface area contributed by atoms with Crippen molar-refractivity contribution in [1.82, 2.24) is 5.32 Å². The maximum absolute atomic E-state index is 8.72. The molecule has 1 aliphatic rings. The van der Waals surface area contributed by atoms with Crippen molar-refractivity contribution in [1.29, 1.82) is 5.26 Å². The summed E-state index contributed by atoms with van der Waals surface area (Å²) < 4.78 is 11.6. The van der Waals surface area contributed by atoms with Crippen LogP contribution in [0, 0.1) is 11.3 Å². The van der Waals surface area contributed by atoms with E-state index in [-0.39, 0.29) is 6.04 Å². The second-order valence-corrected chi connectivity index (χ2v) is 4.16. The van der Waals surface area contributed by atoms with Gasteiger partial charge < -0.3 is 14.8 Å². The molecule has 0 bridgehead atoms. The van der Waals surface area contributed by atoms with Gasteiger partial charge in [0.05, 0.1) is 12.5 Å². The molecule has 1 fully saturated rings. The summed E-state index contributed by atoms with van der Waals surface area (Å²) >= 11 is 0. The second-order valence-electron chi connectivity index (χ2n) is 4.16. The number of piperidine rings is 1.